The molecule has 0 fully saturated rings. The van der Waals surface area contributed by atoms with E-state index in [-0.39, 0.29) is 12.1 Å². The highest BCUT2D eigenvalue weighted by Crippen LogP contribution is 2.35. The minimum Gasteiger partial charge on any atom is -0.459 e. The molecule has 2 N–H and O–H groups in total. The van der Waals surface area contributed by atoms with Crippen molar-refractivity contribution in [2.75, 3.05) is 12.0 Å². The van der Waals surface area contributed by atoms with Gasteiger partial charge in [-0.05, 0) is 37.8 Å². The number of thioether (sulfide) groups is 1. The second-order valence-corrected chi connectivity index (χ2v) is 6.36. The maximum absolute atomic E-state index is 12.2. The molecule has 20 heavy (non-hydrogen) atoms. The van der Waals surface area contributed by atoms with Crippen molar-refractivity contribution in [1.29, 1.82) is 0 Å². The van der Waals surface area contributed by atoms with Crippen LogP contribution in [0.2, 0.25) is 0 Å². The van der Waals surface area contributed by atoms with Crippen LogP contribution in [-0.4, -0.2) is 18.3 Å². The van der Waals surface area contributed by atoms with Crippen LogP contribution in [0.1, 0.15) is 24.2 Å². The molecule has 0 saturated heterocycles. The Hall–Kier alpha value is -1.46. The average Bonchev–Trinajstić information content (AvgIpc) is 2.80. The fourth-order valence-electron chi connectivity index (χ4n) is 1.84. The summed E-state index contributed by atoms with van der Waals surface area (Å²) in [4.78, 5) is 13.3. The molecular weight excluding hydrogens is 290 g/mol. The van der Waals surface area contributed by atoms with Gasteiger partial charge in [0.2, 0.25) is 0 Å². The molecule has 1 aromatic heterocycles. The fraction of sp³-hybridized carbons (Fsp3) is 0.267. The molecule has 5 heteroatoms. The van der Waals surface area contributed by atoms with Crippen LogP contribution in [0.4, 0.5) is 5.00 Å². The lowest BCUT2D eigenvalue weighted by atomic mass is 10.0. The van der Waals surface area contributed by atoms with E-state index in [1.54, 1.807) is 11.8 Å². The highest BCUT2D eigenvalue weighted by atomic mass is 32.2. The molecule has 0 spiro atoms. The lowest BCUT2D eigenvalue weighted by molar-refractivity contribution is 0.0380. The first-order valence-electron chi connectivity index (χ1n) is 6.25. The third-order valence-electron chi connectivity index (χ3n) is 2.77. The zero-order valence-electron chi connectivity index (χ0n) is 11.7. The Morgan fingerprint density at radius 3 is 2.50 bits per heavy atom. The number of hydrogen-bond acceptors (Lipinski definition) is 5. The van der Waals surface area contributed by atoms with Gasteiger partial charge in [-0.15, -0.1) is 23.1 Å². The summed E-state index contributed by atoms with van der Waals surface area (Å²) in [5.74, 6) is -0.359. The predicted molar refractivity (Wildman–Crippen MR) is 86.5 cm³/mol. The molecule has 0 saturated carbocycles. The van der Waals surface area contributed by atoms with Gasteiger partial charge in [-0.3, -0.25) is 0 Å². The number of thiophene rings is 1. The second-order valence-electron chi connectivity index (χ2n) is 4.57. The predicted octanol–water partition coefficient (Wildman–Crippen LogP) is 4.28. The van der Waals surface area contributed by atoms with Crippen LogP contribution in [0.3, 0.4) is 0 Å². The Morgan fingerprint density at radius 2 is 1.95 bits per heavy atom. The topological polar surface area (TPSA) is 52.3 Å². The summed E-state index contributed by atoms with van der Waals surface area (Å²) in [6.45, 7) is 3.65. The van der Waals surface area contributed by atoms with Gasteiger partial charge < -0.3 is 10.5 Å². The Labute approximate surface area is 127 Å². The third kappa shape index (κ3) is 3.16. The molecule has 0 radical (unpaired) electrons. The SMILES string of the molecule is CSc1ccc(-c2csc(N)c2C(=O)OC(C)C)cc1. The molecule has 3 nitrogen and oxygen atoms in total. The maximum atomic E-state index is 12.2. The Balaban J connectivity index is 2.39. The first-order chi connectivity index (χ1) is 9.52. The normalized spacial score (nSPS) is 10.8. The zero-order chi connectivity index (χ0) is 14.7. The van der Waals surface area contributed by atoms with Crippen LogP contribution in [0.15, 0.2) is 34.5 Å². The van der Waals surface area contributed by atoms with E-state index in [1.165, 1.54) is 16.2 Å². The van der Waals surface area contributed by atoms with Crippen molar-refractivity contribution in [3.63, 3.8) is 0 Å². The smallest absolute Gasteiger partial charge is 0.342 e. The number of nitrogen functional groups attached to an aromatic ring is 1. The van der Waals surface area contributed by atoms with Crippen LogP contribution < -0.4 is 5.73 Å². The monoisotopic (exact) mass is 307 g/mol. The minimum absolute atomic E-state index is 0.159. The van der Waals surface area contributed by atoms with Gasteiger partial charge in [0.05, 0.1) is 6.10 Å². The van der Waals surface area contributed by atoms with Gasteiger partial charge in [-0.25, -0.2) is 4.79 Å². The number of carbonyl (C=O) groups excluding carboxylic acids is 1. The van der Waals surface area contributed by atoms with Crippen molar-refractivity contribution < 1.29 is 9.53 Å². The van der Waals surface area contributed by atoms with Gasteiger partial charge in [-0.2, -0.15) is 0 Å². The van der Waals surface area contributed by atoms with Gasteiger partial charge >= 0.3 is 5.97 Å². The summed E-state index contributed by atoms with van der Waals surface area (Å²) in [5.41, 5.74) is 8.21. The van der Waals surface area contributed by atoms with Crippen molar-refractivity contribution in [3.8, 4) is 11.1 Å². The summed E-state index contributed by atoms with van der Waals surface area (Å²) < 4.78 is 5.27. The summed E-state index contributed by atoms with van der Waals surface area (Å²) in [7, 11) is 0. The van der Waals surface area contributed by atoms with E-state index in [2.05, 4.69) is 0 Å². The average molecular weight is 307 g/mol. The van der Waals surface area contributed by atoms with Gasteiger partial charge in [0.15, 0.2) is 0 Å². The van der Waals surface area contributed by atoms with E-state index in [1.807, 2.05) is 49.7 Å². The van der Waals surface area contributed by atoms with Crippen molar-refractivity contribution >= 4 is 34.1 Å². The van der Waals surface area contributed by atoms with Gasteiger partial charge in [0.25, 0.3) is 0 Å². The summed E-state index contributed by atoms with van der Waals surface area (Å²) in [6, 6.07) is 8.07. The molecule has 2 aromatic rings. The van der Waals surface area contributed by atoms with Gasteiger partial charge in [0.1, 0.15) is 10.6 Å². The molecule has 0 amide bonds. The number of benzene rings is 1. The van der Waals surface area contributed by atoms with Crippen molar-refractivity contribution in [2.24, 2.45) is 0 Å². The van der Waals surface area contributed by atoms with Crippen molar-refractivity contribution in [3.05, 3.63) is 35.2 Å². The van der Waals surface area contributed by atoms with E-state index in [4.69, 9.17) is 10.5 Å². The Kier molecular flexibility index (Phi) is 4.73. The minimum atomic E-state index is -0.359. The molecule has 0 aliphatic rings. The summed E-state index contributed by atoms with van der Waals surface area (Å²) in [5, 5.41) is 2.40. The van der Waals surface area contributed by atoms with E-state index < -0.39 is 0 Å². The molecule has 0 unspecified atom stereocenters. The maximum Gasteiger partial charge on any atom is 0.342 e. The number of anilines is 1. The molecular formula is C15H17NO2S2. The van der Waals surface area contributed by atoms with Crippen molar-refractivity contribution in [2.45, 2.75) is 24.8 Å². The quantitative estimate of drug-likeness (QED) is 0.676. The highest BCUT2D eigenvalue weighted by molar-refractivity contribution is 7.98. The highest BCUT2D eigenvalue weighted by Gasteiger charge is 2.20. The van der Waals surface area contributed by atoms with Crippen LogP contribution >= 0.6 is 23.1 Å². The number of carbonyl (C=O) groups is 1. The first-order valence-corrected chi connectivity index (χ1v) is 8.35. The van der Waals surface area contributed by atoms with Crippen molar-refractivity contribution in [1.82, 2.24) is 0 Å². The Bertz CT molecular complexity index is 603. The number of hydrogen-bond donors (Lipinski definition) is 1. The zero-order valence-corrected chi connectivity index (χ0v) is 13.3. The number of ether oxygens (including phenoxy) is 1. The lowest BCUT2D eigenvalue weighted by Gasteiger charge is -2.10. The third-order valence-corrected chi connectivity index (χ3v) is 4.32. The molecule has 0 aliphatic carbocycles. The van der Waals surface area contributed by atoms with Crippen LogP contribution in [0.25, 0.3) is 11.1 Å². The van der Waals surface area contributed by atoms with E-state index in [9.17, 15) is 4.79 Å². The second kappa shape index (κ2) is 6.33. The summed E-state index contributed by atoms with van der Waals surface area (Å²) in [6.07, 6.45) is 1.87. The van der Waals surface area contributed by atoms with Crippen LogP contribution in [-0.2, 0) is 4.74 Å². The first kappa shape index (κ1) is 14.9. The molecule has 1 aromatic carbocycles. The number of rotatable bonds is 4. The molecule has 0 bridgehead atoms. The van der Waals surface area contributed by atoms with Crippen LogP contribution in [0, 0.1) is 0 Å². The number of esters is 1. The molecule has 106 valence electrons. The van der Waals surface area contributed by atoms with E-state index in [0.717, 1.165) is 11.1 Å². The van der Waals surface area contributed by atoms with E-state index in [0.29, 0.717) is 10.6 Å². The summed E-state index contributed by atoms with van der Waals surface area (Å²) >= 11 is 3.05. The fourth-order valence-corrected chi connectivity index (χ4v) is 3.06. The molecule has 0 aliphatic heterocycles. The molecule has 1 heterocycles. The van der Waals surface area contributed by atoms with Gasteiger partial charge in [-0.1, -0.05) is 12.1 Å². The van der Waals surface area contributed by atoms with E-state index >= 15 is 0 Å². The largest absolute Gasteiger partial charge is 0.459 e. The standard InChI is InChI=1S/C15H17NO2S2/c1-9(2)18-15(17)13-12(8-20-14(13)16)10-4-6-11(19-3)7-5-10/h4-9H,16H2,1-3H3. The van der Waals surface area contributed by atoms with Crippen LogP contribution in [0.5, 0.6) is 0 Å². The molecule has 0 atom stereocenters. The lowest BCUT2D eigenvalue weighted by Crippen LogP contribution is -2.13. The molecule has 2 rings (SSSR count). The Morgan fingerprint density at radius 1 is 1.30 bits per heavy atom. The number of nitrogens with two attached hydrogens (primary N) is 1. The van der Waals surface area contributed by atoms with Gasteiger partial charge in [0, 0.05) is 15.8 Å².